The second-order valence-corrected chi connectivity index (χ2v) is 7.06. The van der Waals surface area contributed by atoms with Gasteiger partial charge in [0.25, 0.3) is 0 Å². The molecule has 1 heterocycles. The molecule has 110 valence electrons. The van der Waals surface area contributed by atoms with Gasteiger partial charge in [-0.25, -0.2) is 0 Å². The highest BCUT2D eigenvalue weighted by molar-refractivity contribution is 8.01. The third-order valence-electron chi connectivity index (χ3n) is 3.97. The van der Waals surface area contributed by atoms with Gasteiger partial charge in [0.15, 0.2) is 0 Å². The number of amides is 1. The number of rotatable bonds is 6. The Bertz CT molecular complexity index is 437. The second-order valence-electron chi connectivity index (χ2n) is 5.26. The normalized spacial score (nSPS) is 18.9. The molecule has 0 bridgehead atoms. The minimum Gasteiger partial charge on any atom is -0.354 e. The first kappa shape index (κ1) is 15.7. The zero-order valence-corrected chi connectivity index (χ0v) is 13.6. The van der Waals surface area contributed by atoms with E-state index in [1.807, 2.05) is 12.1 Å². The summed E-state index contributed by atoms with van der Waals surface area (Å²) in [7, 11) is 0. The molecule has 1 N–H and O–H groups in total. The molecule has 1 aromatic carbocycles. The lowest BCUT2D eigenvalue weighted by Gasteiger charge is -2.20. The van der Waals surface area contributed by atoms with Gasteiger partial charge in [0.1, 0.15) is 0 Å². The fourth-order valence-electron chi connectivity index (χ4n) is 2.61. The summed E-state index contributed by atoms with van der Waals surface area (Å²) in [4.78, 5) is 13.5. The maximum atomic E-state index is 12.2. The fourth-order valence-corrected chi connectivity index (χ4v) is 4.26. The molecule has 4 heteroatoms. The van der Waals surface area contributed by atoms with Crippen molar-refractivity contribution in [2.45, 2.75) is 48.6 Å². The molecule has 0 aliphatic carbocycles. The molecule has 0 aromatic heterocycles. The number of carbonyl (C=O) groups excluding carboxylic acids is 1. The zero-order chi connectivity index (χ0) is 14.5. The van der Waals surface area contributed by atoms with Crippen LogP contribution in [-0.4, -0.2) is 23.1 Å². The van der Waals surface area contributed by atoms with Gasteiger partial charge >= 0.3 is 0 Å². The van der Waals surface area contributed by atoms with Crippen LogP contribution in [0.3, 0.4) is 0 Å². The van der Waals surface area contributed by atoms with E-state index in [-0.39, 0.29) is 16.5 Å². The number of alkyl halides is 1. The van der Waals surface area contributed by atoms with E-state index in [2.05, 4.69) is 31.3 Å². The van der Waals surface area contributed by atoms with E-state index >= 15 is 0 Å². The summed E-state index contributed by atoms with van der Waals surface area (Å²) < 4.78 is 0. The Morgan fingerprint density at radius 1 is 1.40 bits per heavy atom. The number of carbonyl (C=O) groups is 1. The van der Waals surface area contributed by atoms with Crippen molar-refractivity contribution in [1.82, 2.24) is 5.32 Å². The molecule has 2 rings (SSSR count). The molecular formula is C16H22ClNOS. The molecule has 20 heavy (non-hydrogen) atoms. The van der Waals surface area contributed by atoms with Gasteiger partial charge in [-0.1, -0.05) is 44.9 Å². The van der Waals surface area contributed by atoms with Gasteiger partial charge in [-0.2, -0.15) is 0 Å². The average Bonchev–Trinajstić information content (AvgIpc) is 2.90. The smallest absolute Gasteiger partial charge is 0.233 e. The SMILES string of the molecule is CCC(CC)C(Cl)CNC(=O)C1Cc2ccccc2S1. The van der Waals surface area contributed by atoms with E-state index in [0.29, 0.717) is 12.5 Å². The first-order valence-corrected chi connectivity index (χ1v) is 8.63. The maximum Gasteiger partial charge on any atom is 0.233 e. The van der Waals surface area contributed by atoms with Crippen LogP contribution in [0.15, 0.2) is 29.2 Å². The van der Waals surface area contributed by atoms with Crippen molar-refractivity contribution >= 4 is 29.3 Å². The third-order valence-corrected chi connectivity index (χ3v) is 5.80. The van der Waals surface area contributed by atoms with Gasteiger partial charge in [-0.15, -0.1) is 23.4 Å². The summed E-state index contributed by atoms with van der Waals surface area (Å²) in [5.74, 6) is 0.591. The molecular weight excluding hydrogens is 290 g/mol. The summed E-state index contributed by atoms with van der Waals surface area (Å²) in [6.07, 6.45) is 2.94. The standard InChI is InChI=1S/C16H22ClNOS/c1-3-11(4-2)13(17)10-18-16(19)15-9-12-7-5-6-8-14(12)20-15/h5-8,11,13,15H,3-4,9-10H2,1-2H3,(H,18,19). The molecule has 2 nitrogen and oxygen atoms in total. The van der Waals surface area contributed by atoms with Crippen LogP contribution in [0.5, 0.6) is 0 Å². The first-order chi connectivity index (χ1) is 9.65. The molecule has 1 aliphatic heterocycles. The van der Waals surface area contributed by atoms with Crippen molar-refractivity contribution in [3.63, 3.8) is 0 Å². The van der Waals surface area contributed by atoms with E-state index in [4.69, 9.17) is 11.6 Å². The van der Waals surface area contributed by atoms with Crippen LogP contribution in [0, 0.1) is 5.92 Å². The summed E-state index contributed by atoms with van der Waals surface area (Å²) in [5.41, 5.74) is 1.28. The quantitative estimate of drug-likeness (QED) is 0.808. The molecule has 0 saturated carbocycles. The molecule has 1 aliphatic rings. The lowest BCUT2D eigenvalue weighted by atomic mass is 9.99. The van der Waals surface area contributed by atoms with Crippen LogP contribution in [0.4, 0.5) is 0 Å². The summed E-state index contributed by atoms with van der Waals surface area (Å²) >= 11 is 8.03. The number of hydrogen-bond donors (Lipinski definition) is 1. The lowest BCUT2D eigenvalue weighted by Crippen LogP contribution is -2.38. The number of nitrogens with one attached hydrogen (secondary N) is 1. The van der Waals surface area contributed by atoms with Crippen molar-refractivity contribution in [2.24, 2.45) is 5.92 Å². The summed E-state index contributed by atoms with van der Waals surface area (Å²) in [5, 5.41) is 3.05. The Hall–Kier alpha value is -0.670. The van der Waals surface area contributed by atoms with Crippen LogP contribution in [-0.2, 0) is 11.2 Å². The molecule has 0 spiro atoms. The fraction of sp³-hybridized carbons (Fsp3) is 0.562. The average molecular weight is 312 g/mol. The minimum absolute atomic E-state index is 0.00188. The number of thioether (sulfide) groups is 1. The Morgan fingerprint density at radius 3 is 2.75 bits per heavy atom. The van der Waals surface area contributed by atoms with Crippen molar-refractivity contribution in [2.75, 3.05) is 6.54 Å². The van der Waals surface area contributed by atoms with Crippen LogP contribution in [0.2, 0.25) is 0 Å². The molecule has 1 amide bonds. The molecule has 2 atom stereocenters. The zero-order valence-electron chi connectivity index (χ0n) is 12.1. The highest BCUT2D eigenvalue weighted by Gasteiger charge is 2.28. The van der Waals surface area contributed by atoms with Gasteiger partial charge in [-0.3, -0.25) is 4.79 Å². The van der Waals surface area contributed by atoms with Crippen LogP contribution in [0.1, 0.15) is 32.3 Å². The molecule has 1 aromatic rings. The number of fused-ring (bicyclic) bond motifs is 1. The van der Waals surface area contributed by atoms with Crippen molar-refractivity contribution in [3.05, 3.63) is 29.8 Å². The molecule has 0 saturated heterocycles. The predicted octanol–water partition coefficient (Wildman–Crippen LogP) is 3.86. The Morgan fingerprint density at radius 2 is 2.10 bits per heavy atom. The lowest BCUT2D eigenvalue weighted by molar-refractivity contribution is -0.120. The largest absolute Gasteiger partial charge is 0.354 e. The van der Waals surface area contributed by atoms with Crippen molar-refractivity contribution < 1.29 is 4.79 Å². The van der Waals surface area contributed by atoms with Gasteiger partial charge in [0.05, 0.1) is 10.6 Å². The third kappa shape index (κ3) is 3.70. The Kier molecular flexibility index (Phi) is 5.79. The van der Waals surface area contributed by atoms with Crippen LogP contribution >= 0.6 is 23.4 Å². The summed E-state index contributed by atoms with van der Waals surface area (Å²) in [6.45, 7) is 4.86. The van der Waals surface area contributed by atoms with Gasteiger partial charge in [0, 0.05) is 11.4 Å². The number of hydrogen-bond acceptors (Lipinski definition) is 2. The summed E-state index contributed by atoms with van der Waals surface area (Å²) in [6, 6.07) is 8.24. The highest BCUT2D eigenvalue weighted by atomic mass is 35.5. The maximum absolute atomic E-state index is 12.2. The van der Waals surface area contributed by atoms with Gasteiger partial charge in [0.2, 0.25) is 5.91 Å². The monoisotopic (exact) mass is 311 g/mol. The highest BCUT2D eigenvalue weighted by Crippen LogP contribution is 2.36. The van der Waals surface area contributed by atoms with E-state index in [9.17, 15) is 4.79 Å². The van der Waals surface area contributed by atoms with Gasteiger partial charge in [-0.05, 0) is 24.0 Å². The Labute approximate surface area is 130 Å². The molecule has 0 fully saturated rings. The molecule has 2 unspecified atom stereocenters. The number of benzene rings is 1. The van der Waals surface area contributed by atoms with Crippen molar-refractivity contribution in [1.29, 1.82) is 0 Å². The first-order valence-electron chi connectivity index (χ1n) is 7.32. The Balaban J connectivity index is 1.82. The van der Waals surface area contributed by atoms with E-state index < -0.39 is 0 Å². The van der Waals surface area contributed by atoms with E-state index in [1.54, 1.807) is 11.8 Å². The van der Waals surface area contributed by atoms with Gasteiger partial charge < -0.3 is 5.32 Å². The van der Waals surface area contributed by atoms with E-state index in [0.717, 1.165) is 19.3 Å². The van der Waals surface area contributed by atoms with Crippen LogP contribution < -0.4 is 5.32 Å². The number of halogens is 1. The minimum atomic E-state index is -0.00188. The van der Waals surface area contributed by atoms with E-state index in [1.165, 1.54) is 10.5 Å². The second kappa shape index (κ2) is 7.37. The topological polar surface area (TPSA) is 29.1 Å². The predicted molar refractivity (Wildman–Crippen MR) is 86.5 cm³/mol. The molecule has 0 radical (unpaired) electrons. The van der Waals surface area contributed by atoms with Crippen LogP contribution in [0.25, 0.3) is 0 Å². The van der Waals surface area contributed by atoms with Crippen molar-refractivity contribution in [3.8, 4) is 0 Å².